The van der Waals surface area contributed by atoms with Crippen LogP contribution in [-0.2, 0) is 10.8 Å². The van der Waals surface area contributed by atoms with Crippen LogP contribution < -0.4 is 10.1 Å². The smallest absolute Gasteiger partial charge is 0.404 e. The maximum absolute atomic E-state index is 12.1. The van der Waals surface area contributed by atoms with E-state index in [1.165, 1.54) is 12.1 Å². The summed E-state index contributed by atoms with van der Waals surface area (Å²) < 4.78 is 51.9. The molecule has 124 valence electrons. The lowest BCUT2D eigenvalue weighted by Crippen LogP contribution is -2.33. The summed E-state index contributed by atoms with van der Waals surface area (Å²) in [4.78, 5) is 3.94. The zero-order valence-electron chi connectivity index (χ0n) is 12.2. The van der Waals surface area contributed by atoms with Crippen molar-refractivity contribution in [1.82, 2.24) is 4.98 Å². The van der Waals surface area contributed by atoms with Crippen LogP contribution in [0.15, 0.2) is 18.3 Å². The lowest BCUT2D eigenvalue weighted by molar-refractivity contribution is -0.274. The van der Waals surface area contributed by atoms with Gasteiger partial charge in [-0.15, -0.1) is 13.2 Å². The molecule has 1 heterocycles. The summed E-state index contributed by atoms with van der Waals surface area (Å²) >= 11 is 0. The maximum Gasteiger partial charge on any atom is 0.573 e. The molecule has 1 aromatic rings. The van der Waals surface area contributed by atoms with Gasteiger partial charge in [-0.3, -0.25) is 4.21 Å². The molecule has 1 fully saturated rings. The topological polar surface area (TPSA) is 51.2 Å². The standard InChI is InChI=1S/C14H19F3N2O2S/c1-2-22(20)12-5-3-4-10(8-12)19-13-7-6-11(9-18-13)21-14(15,16)17/h6-7,9-10,12H,2-5,8H2,1H3,(H,18,19). The van der Waals surface area contributed by atoms with Crippen molar-refractivity contribution in [3.63, 3.8) is 0 Å². The van der Waals surface area contributed by atoms with Gasteiger partial charge in [0.05, 0.1) is 6.20 Å². The quantitative estimate of drug-likeness (QED) is 0.894. The van der Waals surface area contributed by atoms with E-state index in [1.807, 2.05) is 6.92 Å². The molecular weight excluding hydrogens is 317 g/mol. The Labute approximate surface area is 129 Å². The van der Waals surface area contributed by atoms with E-state index in [4.69, 9.17) is 0 Å². The number of pyridine rings is 1. The van der Waals surface area contributed by atoms with Gasteiger partial charge in [0.1, 0.15) is 11.6 Å². The molecule has 0 spiro atoms. The fourth-order valence-electron chi connectivity index (χ4n) is 2.62. The van der Waals surface area contributed by atoms with Crippen LogP contribution in [0.4, 0.5) is 19.0 Å². The van der Waals surface area contributed by atoms with Crippen molar-refractivity contribution in [1.29, 1.82) is 0 Å². The number of anilines is 1. The Morgan fingerprint density at radius 2 is 2.18 bits per heavy atom. The first-order valence-corrected chi connectivity index (χ1v) is 8.61. The van der Waals surface area contributed by atoms with E-state index in [9.17, 15) is 17.4 Å². The molecule has 0 radical (unpaired) electrons. The van der Waals surface area contributed by atoms with Gasteiger partial charge in [-0.25, -0.2) is 4.98 Å². The molecule has 0 aliphatic heterocycles. The zero-order chi connectivity index (χ0) is 16.2. The molecule has 2 rings (SSSR count). The van der Waals surface area contributed by atoms with Crippen molar-refractivity contribution in [2.24, 2.45) is 0 Å². The summed E-state index contributed by atoms with van der Waals surface area (Å²) in [6.07, 6.45) is 0.0222. The summed E-state index contributed by atoms with van der Waals surface area (Å²) in [5.41, 5.74) is 0. The molecule has 22 heavy (non-hydrogen) atoms. The van der Waals surface area contributed by atoms with Gasteiger partial charge in [0.25, 0.3) is 0 Å². The number of nitrogens with zero attached hydrogens (tertiary/aromatic N) is 1. The molecule has 3 unspecified atom stereocenters. The van der Waals surface area contributed by atoms with Gasteiger partial charge in [0, 0.05) is 27.8 Å². The monoisotopic (exact) mass is 336 g/mol. The summed E-state index contributed by atoms with van der Waals surface area (Å²) in [7, 11) is -0.813. The SMILES string of the molecule is CCS(=O)C1CCCC(Nc2ccc(OC(F)(F)F)cn2)C1. The third-order valence-corrected chi connectivity index (χ3v) is 5.35. The third-order valence-electron chi connectivity index (χ3n) is 3.60. The van der Waals surface area contributed by atoms with E-state index in [0.717, 1.165) is 31.9 Å². The third kappa shape index (κ3) is 5.15. The number of nitrogens with one attached hydrogen (secondary N) is 1. The van der Waals surface area contributed by atoms with Crippen LogP contribution in [0.25, 0.3) is 0 Å². The van der Waals surface area contributed by atoms with Crippen molar-refractivity contribution in [3.05, 3.63) is 18.3 Å². The highest BCUT2D eigenvalue weighted by molar-refractivity contribution is 7.85. The van der Waals surface area contributed by atoms with E-state index in [0.29, 0.717) is 11.6 Å². The second-order valence-electron chi connectivity index (χ2n) is 5.23. The van der Waals surface area contributed by atoms with Gasteiger partial charge in [-0.05, 0) is 31.4 Å². The molecule has 8 heteroatoms. The van der Waals surface area contributed by atoms with Gasteiger partial charge in [-0.1, -0.05) is 13.3 Å². The largest absolute Gasteiger partial charge is 0.573 e. The Kier molecular flexibility index (Phi) is 5.66. The molecule has 0 bridgehead atoms. The van der Waals surface area contributed by atoms with E-state index in [2.05, 4.69) is 15.0 Å². The Hall–Kier alpha value is -1.31. The lowest BCUT2D eigenvalue weighted by Gasteiger charge is -2.29. The van der Waals surface area contributed by atoms with Gasteiger partial charge in [-0.2, -0.15) is 0 Å². The molecule has 1 saturated carbocycles. The summed E-state index contributed by atoms with van der Waals surface area (Å²) in [6, 6.07) is 2.84. The molecule has 0 saturated heterocycles. The number of aromatic nitrogens is 1. The molecule has 0 aromatic carbocycles. The number of hydrogen-bond acceptors (Lipinski definition) is 4. The fourth-order valence-corrected chi connectivity index (χ4v) is 3.97. The number of hydrogen-bond donors (Lipinski definition) is 1. The number of rotatable bonds is 5. The van der Waals surface area contributed by atoms with Crippen LogP contribution in [0, 0.1) is 0 Å². The van der Waals surface area contributed by atoms with Gasteiger partial charge < -0.3 is 10.1 Å². The minimum absolute atomic E-state index is 0.149. The second-order valence-corrected chi connectivity index (χ2v) is 7.23. The van der Waals surface area contributed by atoms with Crippen LogP contribution in [0.1, 0.15) is 32.6 Å². The molecule has 1 aliphatic rings. The lowest BCUT2D eigenvalue weighted by atomic mass is 9.95. The fraction of sp³-hybridized carbons (Fsp3) is 0.643. The Balaban J connectivity index is 1.91. The first-order chi connectivity index (χ1) is 10.4. The summed E-state index contributed by atoms with van der Waals surface area (Å²) in [5, 5.41) is 3.38. The normalized spacial score (nSPS) is 23.8. The molecule has 1 aliphatic carbocycles. The molecule has 3 atom stereocenters. The predicted molar refractivity (Wildman–Crippen MR) is 79.3 cm³/mol. The molecule has 1 aromatic heterocycles. The second kappa shape index (κ2) is 7.30. The number of alkyl halides is 3. The average Bonchev–Trinajstić information content (AvgIpc) is 2.47. The van der Waals surface area contributed by atoms with Crippen LogP contribution >= 0.6 is 0 Å². The van der Waals surface area contributed by atoms with Crippen LogP contribution in [0.2, 0.25) is 0 Å². The maximum atomic E-state index is 12.1. The summed E-state index contributed by atoms with van der Waals surface area (Å²) in [6.45, 7) is 1.91. The average molecular weight is 336 g/mol. The zero-order valence-corrected chi connectivity index (χ0v) is 13.0. The van der Waals surface area contributed by atoms with E-state index in [1.54, 1.807) is 0 Å². The van der Waals surface area contributed by atoms with Crippen molar-refractivity contribution in [3.8, 4) is 5.75 Å². The first kappa shape index (κ1) is 17.1. The van der Waals surface area contributed by atoms with Crippen LogP contribution in [0.5, 0.6) is 5.75 Å². The predicted octanol–water partition coefficient (Wildman–Crippen LogP) is 3.47. The van der Waals surface area contributed by atoms with E-state index < -0.39 is 17.2 Å². The van der Waals surface area contributed by atoms with Crippen LogP contribution in [-0.4, -0.2) is 32.6 Å². The van der Waals surface area contributed by atoms with E-state index in [-0.39, 0.29) is 17.0 Å². The van der Waals surface area contributed by atoms with Crippen LogP contribution in [0.3, 0.4) is 0 Å². The Morgan fingerprint density at radius 1 is 1.41 bits per heavy atom. The minimum Gasteiger partial charge on any atom is -0.404 e. The van der Waals surface area contributed by atoms with E-state index >= 15 is 0 Å². The molecule has 1 N–H and O–H groups in total. The van der Waals surface area contributed by atoms with Crippen molar-refractivity contribution in [2.75, 3.05) is 11.1 Å². The Bertz CT molecular complexity index is 508. The van der Waals surface area contributed by atoms with Gasteiger partial charge in [0.15, 0.2) is 0 Å². The first-order valence-electron chi connectivity index (χ1n) is 7.23. The minimum atomic E-state index is -4.71. The Morgan fingerprint density at radius 3 is 2.77 bits per heavy atom. The van der Waals surface area contributed by atoms with Gasteiger partial charge in [0.2, 0.25) is 0 Å². The number of halogens is 3. The number of ether oxygens (including phenoxy) is 1. The molecule has 0 amide bonds. The van der Waals surface area contributed by atoms with Crippen molar-refractivity contribution >= 4 is 16.6 Å². The highest BCUT2D eigenvalue weighted by atomic mass is 32.2. The van der Waals surface area contributed by atoms with Gasteiger partial charge >= 0.3 is 6.36 Å². The molecular formula is C14H19F3N2O2S. The highest BCUT2D eigenvalue weighted by Crippen LogP contribution is 2.26. The molecule has 4 nitrogen and oxygen atoms in total. The van der Waals surface area contributed by atoms with Crippen molar-refractivity contribution in [2.45, 2.75) is 50.3 Å². The van der Waals surface area contributed by atoms with Crippen molar-refractivity contribution < 1.29 is 22.1 Å². The highest BCUT2D eigenvalue weighted by Gasteiger charge is 2.31. The summed E-state index contributed by atoms with van der Waals surface area (Å²) in [5.74, 6) is 0.813.